The Morgan fingerprint density at radius 3 is 1.36 bits per heavy atom. The normalized spacial score (nSPS) is 11.4. The Morgan fingerprint density at radius 1 is 0.571 bits per heavy atom. The lowest BCUT2D eigenvalue weighted by atomic mass is 10.2. The van der Waals surface area contributed by atoms with E-state index in [9.17, 15) is 9.59 Å². The van der Waals surface area contributed by atoms with Gasteiger partial charge in [-0.1, -0.05) is 51.0 Å². The maximum Gasteiger partial charge on any atom is 0.306 e. The topological polar surface area (TPSA) is 52.6 Å². The van der Waals surface area contributed by atoms with Crippen LogP contribution in [-0.2, 0) is 19.1 Å². The quantitative estimate of drug-likeness (QED) is 0.139. The lowest BCUT2D eigenvalue weighted by Gasteiger charge is -2.06. The van der Waals surface area contributed by atoms with Crippen molar-refractivity contribution in [2.45, 2.75) is 104 Å². The molecule has 28 heavy (non-hydrogen) atoms. The minimum absolute atomic E-state index is 0.112. The molecule has 0 aliphatic carbocycles. The highest BCUT2D eigenvalue weighted by Crippen LogP contribution is 2.05. The first-order valence-corrected chi connectivity index (χ1v) is 11.3. The van der Waals surface area contributed by atoms with Gasteiger partial charge in [0, 0.05) is 0 Å². The van der Waals surface area contributed by atoms with Gasteiger partial charge in [-0.15, -0.1) is 0 Å². The fourth-order valence-electron chi connectivity index (χ4n) is 2.61. The summed E-state index contributed by atoms with van der Waals surface area (Å²) in [5.74, 6) is -0.614. The Kier molecular flexibility index (Phi) is 20.5. The van der Waals surface area contributed by atoms with Crippen LogP contribution in [0.4, 0.5) is 0 Å². The van der Waals surface area contributed by atoms with Crippen molar-refractivity contribution in [3.8, 4) is 0 Å². The zero-order valence-corrected chi connectivity index (χ0v) is 18.3. The molecule has 0 saturated carbocycles. The molecule has 0 aromatic carbocycles. The summed E-state index contributed by atoms with van der Waals surface area (Å²) in [6.07, 6.45) is 22.1. The molecule has 0 spiro atoms. The van der Waals surface area contributed by atoms with Gasteiger partial charge in [0.25, 0.3) is 0 Å². The molecule has 0 N–H and O–H groups in total. The average molecular weight is 395 g/mol. The first kappa shape index (κ1) is 26.4. The van der Waals surface area contributed by atoms with Crippen LogP contribution in [0.2, 0.25) is 0 Å². The number of ether oxygens (including phenoxy) is 2. The molecule has 0 aliphatic heterocycles. The summed E-state index contributed by atoms with van der Waals surface area (Å²) in [7, 11) is 0. The second-order valence-electron chi connectivity index (χ2n) is 7.16. The Morgan fingerprint density at radius 2 is 0.964 bits per heavy atom. The second-order valence-corrected chi connectivity index (χ2v) is 7.16. The molecule has 0 heterocycles. The lowest BCUT2D eigenvalue weighted by Crippen LogP contribution is -2.11. The first-order valence-electron chi connectivity index (χ1n) is 11.3. The van der Waals surface area contributed by atoms with E-state index in [-0.39, 0.29) is 24.8 Å². The molecule has 0 bridgehead atoms. The molecule has 0 radical (unpaired) electrons. The van der Waals surface area contributed by atoms with Crippen molar-refractivity contribution in [2.24, 2.45) is 0 Å². The summed E-state index contributed by atoms with van der Waals surface area (Å²) >= 11 is 0. The fourth-order valence-corrected chi connectivity index (χ4v) is 2.61. The van der Waals surface area contributed by atoms with Crippen molar-refractivity contribution >= 4 is 11.9 Å². The van der Waals surface area contributed by atoms with Crippen molar-refractivity contribution in [1.29, 1.82) is 0 Å². The number of unbranched alkanes of at least 4 members (excludes halogenated alkanes) is 8. The standard InChI is InChI=1S/C24H42O4/c1-3-5-7-9-11-13-15-17-21-27-23(25)19-20-24(26)28-22-18-16-14-12-10-8-6-4-2/h7-10H,3-6,11-22H2,1-2H3/b9-7+,10-8+. The molecule has 0 aromatic rings. The summed E-state index contributed by atoms with van der Waals surface area (Å²) in [4.78, 5) is 23.3. The van der Waals surface area contributed by atoms with Crippen molar-refractivity contribution in [1.82, 2.24) is 0 Å². The van der Waals surface area contributed by atoms with Crippen molar-refractivity contribution in [3.63, 3.8) is 0 Å². The van der Waals surface area contributed by atoms with Crippen molar-refractivity contribution in [3.05, 3.63) is 24.3 Å². The van der Waals surface area contributed by atoms with Crippen LogP contribution in [0.5, 0.6) is 0 Å². The highest BCUT2D eigenvalue weighted by atomic mass is 16.5. The maximum atomic E-state index is 11.6. The molecule has 0 amide bonds. The molecule has 0 atom stereocenters. The zero-order valence-electron chi connectivity index (χ0n) is 18.3. The van der Waals surface area contributed by atoms with Crippen LogP contribution in [0.25, 0.3) is 0 Å². The van der Waals surface area contributed by atoms with Crippen LogP contribution >= 0.6 is 0 Å². The number of rotatable bonds is 19. The summed E-state index contributed by atoms with van der Waals surface area (Å²) in [5.41, 5.74) is 0. The maximum absolute atomic E-state index is 11.6. The van der Waals surface area contributed by atoms with Gasteiger partial charge in [-0.05, 0) is 64.2 Å². The van der Waals surface area contributed by atoms with Gasteiger partial charge in [-0.2, -0.15) is 0 Å². The van der Waals surface area contributed by atoms with Gasteiger partial charge in [-0.3, -0.25) is 9.59 Å². The number of carbonyl (C=O) groups is 2. The van der Waals surface area contributed by atoms with E-state index in [0.29, 0.717) is 13.2 Å². The van der Waals surface area contributed by atoms with Crippen LogP contribution in [0.15, 0.2) is 24.3 Å². The average Bonchev–Trinajstić information content (AvgIpc) is 2.69. The second kappa shape index (κ2) is 21.7. The van der Waals surface area contributed by atoms with Gasteiger partial charge in [0.15, 0.2) is 0 Å². The lowest BCUT2D eigenvalue weighted by molar-refractivity contribution is -0.150. The van der Waals surface area contributed by atoms with Gasteiger partial charge in [-0.25, -0.2) is 0 Å². The number of hydrogen-bond acceptors (Lipinski definition) is 4. The van der Waals surface area contributed by atoms with Gasteiger partial charge in [0.1, 0.15) is 0 Å². The third-order valence-corrected chi connectivity index (χ3v) is 4.33. The van der Waals surface area contributed by atoms with Crippen molar-refractivity contribution in [2.75, 3.05) is 13.2 Å². The summed E-state index contributed by atoms with van der Waals surface area (Å²) in [6.45, 7) is 5.24. The summed E-state index contributed by atoms with van der Waals surface area (Å²) in [5, 5.41) is 0. The highest BCUT2D eigenvalue weighted by Gasteiger charge is 2.08. The predicted octanol–water partition coefficient (Wildman–Crippen LogP) is 6.69. The van der Waals surface area contributed by atoms with E-state index in [4.69, 9.17) is 9.47 Å². The predicted molar refractivity (Wildman–Crippen MR) is 116 cm³/mol. The van der Waals surface area contributed by atoms with Gasteiger partial charge in [0.05, 0.1) is 26.1 Å². The monoisotopic (exact) mass is 394 g/mol. The van der Waals surface area contributed by atoms with Crippen LogP contribution in [-0.4, -0.2) is 25.2 Å². The van der Waals surface area contributed by atoms with Gasteiger partial charge < -0.3 is 9.47 Å². The van der Waals surface area contributed by atoms with Crippen molar-refractivity contribution < 1.29 is 19.1 Å². The Balaban J connectivity index is 3.40. The number of carbonyl (C=O) groups excluding carboxylic acids is 2. The van der Waals surface area contributed by atoms with Crippen LogP contribution in [0.1, 0.15) is 104 Å². The molecular formula is C24H42O4. The zero-order chi connectivity index (χ0) is 20.7. The molecule has 0 aliphatic rings. The van der Waals surface area contributed by atoms with E-state index >= 15 is 0 Å². The van der Waals surface area contributed by atoms with Gasteiger partial charge >= 0.3 is 11.9 Å². The molecule has 4 heteroatoms. The Bertz CT molecular complexity index is 386. The van der Waals surface area contributed by atoms with E-state index in [1.165, 1.54) is 12.8 Å². The molecular weight excluding hydrogens is 352 g/mol. The highest BCUT2D eigenvalue weighted by molar-refractivity contribution is 5.77. The number of hydrogen-bond donors (Lipinski definition) is 0. The molecule has 0 unspecified atom stereocenters. The molecule has 4 nitrogen and oxygen atoms in total. The molecule has 0 rings (SSSR count). The summed E-state index contributed by atoms with van der Waals surface area (Å²) in [6, 6.07) is 0. The van der Waals surface area contributed by atoms with Gasteiger partial charge in [0.2, 0.25) is 0 Å². The summed E-state index contributed by atoms with van der Waals surface area (Å²) < 4.78 is 10.3. The SMILES string of the molecule is CCC/C=C/CCCCCOC(=O)CCC(=O)OCCCCC/C=C/CCC. The van der Waals surface area contributed by atoms with E-state index in [1.807, 2.05) is 0 Å². The fraction of sp³-hybridized carbons (Fsp3) is 0.750. The number of allylic oxidation sites excluding steroid dienone is 4. The Hall–Kier alpha value is -1.58. The molecule has 0 aromatic heterocycles. The van der Waals surface area contributed by atoms with E-state index in [0.717, 1.165) is 64.2 Å². The van der Waals surface area contributed by atoms with E-state index in [1.54, 1.807) is 0 Å². The molecule has 162 valence electrons. The first-order chi connectivity index (χ1) is 13.7. The largest absolute Gasteiger partial charge is 0.466 e. The van der Waals surface area contributed by atoms with E-state index in [2.05, 4.69) is 38.2 Å². The van der Waals surface area contributed by atoms with Crippen LogP contribution < -0.4 is 0 Å². The smallest absolute Gasteiger partial charge is 0.306 e. The minimum Gasteiger partial charge on any atom is -0.466 e. The minimum atomic E-state index is -0.307. The molecule has 0 fully saturated rings. The molecule has 0 saturated heterocycles. The van der Waals surface area contributed by atoms with Crippen LogP contribution in [0.3, 0.4) is 0 Å². The third-order valence-electron chi connectivity index (χ3n) is 4.33. The van der Waals surface area contributed by atoms with E-state index < -0.39 is 0 Å². The third kappa shape index (κ3) is 20.7. The van der Waals surface area contributed by atoms with Crippen LogP contribution in [0, 0.1) is 0 Å². The Labute approximate surface area is 172 Å². The number of esters is 2.